The molecule has 37 heavy (non-hydrogen) atoms. The molecule has 1 aliphatic rings. The van der Waals surface area contributed by atoms with E-state index < -0.39 is 112 Å². The van der Waals surface area contributed by atoms with E-state index in [1.165, 1.54) is 0 Å². The Labute approximate surface area is 193 Å². The maximum Gasteiger partial charge on any atom is 0.318 e. The van der Waals surface area contributed by atoms with Crippen molar-refractivity contribution in [1.82, 2.24) is 0 Å². The number of hydrogen-bond acceptors (Lipinski definition) is 2. The van der Waals surface area contributed by atoms with Gasteiger partial charge in [0.15, 0.2) is 69.8 Å². The Morgan fingerprint density at radius 2 is 0.811 bits per heavy atom. The van der Waals surface area contributed by atoms with Crippen LogP contribution in [-0.4, -0.2) is 4.89 Å². The van der Waals surface area contributed by atoms with Gasteiger partial charge in [-0.2, -0.15) is 0 Å². The highest BCUT2D eigenvalue weighted by atomic mass is 31.1. The summed E-state index contributed by atoms with van der Waals surface area (Å²) in [6, 6.07) is 0. The average Bonchev–Trinajstić information content (AvgIpc) is 2.84. The van der Waals surface area contributed by atoms with E-state index in [2.05, 4.69) is 4.52 Å². The van der Waals surface area contributed by atoms with Gasteiger partial charge >= 0.3 is 8.25 Å². The normalized spacial score (nSPS) is 23.2. The van der Waals surface area contributed by atoms with E-state index in [0.717, 1.165) is 0 Å². The molecule has 1 N–H and O–H groups in total. The Kier molecular flexibility index (Phi) is 7.03. The first-order valence-electron chi connectivity index (χ1n) is 8.67. The minimum atomic E-state index is -6.21. The van der Waals surface area contributed by atoms with Crippen LogP contribution < -0.4 is 0 Å². The third-order valence-corrected chi connectivity index (χ3v) is 5.51. The molecule has 19 heteroatoms. The lowest BCUT2D eigenvalue weighted by Crippen LogP contribution is -2.53. The molecule has 0 saturated heterocycles. The molecule has 3 rings (SSSR count). The number of allylic oxidation sites excluding steroid dienone is 2. The molecule has 3 unspecified atom stereocenters. The summed E-state index contributed by atoms with van der Waals surface area (Å²) in [5.74, 6) is -48.2. The summed E-state index contributed by atoms with van der Waals surface area (Å²) < 4.78 is 230. The standard InChI is InChI=1S/C18H2F15O3P/c19-3-1(4(20)8(24)11(27)7(3)23)17(33)15(31)13(29)14(30)16(32)18(17,36-37(34)35)2-5(21)9(25)12(28)10(26)6(2)22/h37H,(H,34,35). The molecule has 0 aromatic heterocycles. The summed E-state index contributed by atoms with van der Waals surface area (Å²) in [6.07, 6.45) is 0. The van der Waals surface area contributed by atoms with Gasteiger partial charge in [0, 0.05) is 0 Å². The second kappa shape index (κ2) is 9.09. The van der Waals surface area contributed by atoms with Crippen molar-refractivity contribution >= 4 is 8.25 Å². The summed E-state index contributed by atoms with van der Waals surface area (Å²) in [6.45, 7) is 0. The molecule has 2 aromatic carbocycles. The lowest BCUT2D eigenvalue weighted by Gasteiger charge is -2.44. The predicted molar refractivity (Wildman–Crippen MR) is 87.7 cm³/mol. The van der Waals surface area contributed by atoms with E-state index >= 15 is 8.78 Å². The first-order chi connectivity index (χ1) is 16.9. The molecule has 3 atom stereocenters. The van der Waals surface area contributed by atoms with Crippen LogP contribution in [0.25, 0.3) is 0 Å². The number of halogens is 15. The quantitative estimate of drug-likeness (QED) is 0.186. The maximum atomic E-state index is 16.4. The zero-order chi connectivity index (χ0) is 28.5. The van der Waals surface area contributed by atoms with Crippen LogP contribution in [0.1, 0.15) is 11.1 Å². The molecule has 0 fully saturated rings. The molecule has 0 heterocycles. The van der Waals surface area contributed by atoms with Crippen LogP contribution in [0.5, 0.6) is 0 Å². The Morgan fingerprint density at radius 3 is 1.16 bits per heavy atom. The van der Waals surface area contributed by atoms with Crippen molar-refractivity contribution in [1.29, 1.82) is 0 Å². The fourth-order valence-electron chi connectivity index (χ4n) is 3.49. The summed E-state index contributed by atoms with van der Waals surface area (Å²) in [4.78, 5) is 9.04. The predicted octanol–water partition coefficient (Wildman–Crippen LogP) is 6.85. The number of hydrogen-bond donors (Lipinski definition) is 1. The number of benzene rings is 2. The first-order valence-corrected chi connectivity index (χ1v) is 9.93. The molecular formula is C18H2F15O3P. The van der Waals surface area contributed by atoms with Crippen molar-refractivity contribution in [3.63, 3.8) is 0 Å². The van der Waals surface area contributed by atoms with Crippen LogP contribution in [0.15, 0.2) is 23.3 Å². The average molecular weight is 582 g/mol. The molecule has 0 amide bonds. The van der Waals surface area contributed by atoms with Crippen molar-refractivity contribution < 1.29 is 79.8 Å². The summed E-state index contributed by atoms with van der Waals surface area (Å²) in [5, 5.41) is 0. The van der Waals surface area contributed by atoms with E-state index in [1.54, 1.807) is 0 Å². The third-order valence-electron chi connectivity index (χ3n) is 5.03. The summed E-state index contributed by atoms with van der Waals surface area (Å²) >= 11 is 0. The van der Waals surface area contributed by atoms with Crippen LogP contribution in [0.2, 0.25) is 0 Å². The molecule has 0 saturated carbocycles. The lowest BCUT2D eigenvalue weighted by molar-refractivity contribution is -0.0888. The van der Waals surface area contributed by atoms with Gasteiger partial charge in [0.25, 0.3) is 0 Å². The van der Waals surface area contributed by atoms with Crippen LogP contribution in [0.4, 0.5) is 65.9 Å². The zero-order valence-electron chi connectivity index (χ0n) is 16.4. The van der Waals surface area contributed by atoms with Crippen LogP contribution in [0, 0.1) is 58.2 Å². The van der Waals surface area contributed by atoms with E-state index in [-0.39, 0.29) is 0 Å². The van der Waals surface area contributed by atoms with Gasteiger partial charge in [0.1, 0.15) is 0 Å². The van der Waals surface area contributed by atoms with Gasteiger partial charge in [-0.05, 0) is 0 Å². The highest BCUT2D eigenvalue weighted by Gasteiger charge is 2.72. The minimum absolute atomic E-state index is 3.14. The molecule has 0 aliphatic heterocycles. The van der Waals surface area contributed by atoms with Crippen molar-refractivity contribution in [3.8, 4) is 0 Å². The van der Waals surface area contributed by atoms with Gasteiger partial charge < -0.3 is 4.89 Å². The highest BCUT2D eigenvalue weighted by molar-refractivity contribution is 7.32. The van der Waals surface area contributed by atoms with Crippen molar-refractivity contribution in [3.05, 3.63) is 92.6 Å². The molecule has 2 aromatic rings. The van der Waals surface area contributed by atoms with E-state index in [9.17, 15) is 61.6 Å². The van der Waals surface area contributed by atoms with Crippen molar-refractivity contribution in [2.45, 2.75) is 11.3 Å². The molecule has 202 valence electrons. The van der Waals surface area contributed by atoms with Gasteiger partial charge in [-0.3, -0.25) is 9.09 Å². The van der Waals surface area contributed by atoms with Crippen LogP contribution in [0.3, 0.4) is 0 Å². The van der Waals surface area contributed by atoms with Crippen molar-refractivity contribution in [2.75, 3.05) is 0 Å². The topological polar surface area (TPSA) is 46.5 Å². The Bertz CT molecular complexity index is 1400. The van der Waals surface area contributed by atoms with E-state index in [1.807, 2.05) is 0 Å². The van der Waals surface area contributed by atoms with E-state index in [0.29, 0.717) is 0 Å². The molecular weight excluding hydrogens is 580 g/mol. The SMILES string of the molecule is O=[PH](O)OC1(c2c(F)c(F)c(F)c(F)c2F)C(F)=C(F)C(F)=C(F)C1(F)c1c(F)c(F)c(F)c(F)c1F. The van der Waals surface area contributed by atoms with Gasteiger partial charge in [0.2, 0.25) is 22.9 Å². The second-order valence-electron chi connectivity index (χ2n) is 6.85. The van der Waals surface area contributed by atoms with Gasteiger partial charge in [-0.1, -0.05) is 0 Å². The lowest BCUT2D eigenvalue weighted by atomic mass is 9.69. The molecule has 0 spiro atoms. The van der Waals surface area contributed by atoms with Crippen LogP contribution in [-0.2, 0) is 20.4 Å². The summed E-state index contributed by atoms with van der Waals surface area (Å²) in [5.41, 5.74) is -18.9. The fraction of sp³-hybridized carbons (Fsp3) is 0.111. The third kappa shape index (κ3) is 3.52. The minimum Gasteiger partial charge on any atom is -0.326 e. The maximum absolute atomic E-state index is 16.4. The van der Waals surface area contributed by atoms with Gasteiger partial charge in [-0.25, -0.2) is 65.9 Å². The molecule has 1 aliphatic carbocycles. The number of alkyl halides is 1. The van der Waals surface area contributed by atoms with Gasteiger partial charge in [-0.15, -0.1) is 0 Å². The Hall–Kier alpha value is -2.98. The summed E-state index contributed by atoms with van der Waals surface area (Å²) in [7, 11) is -5.45. The Balaban J connectivity index is 2.79. The molecule has 0 radical (unpaired) electrons. The monoisotopic (exact) mass is 582 g/mol. The molecule has 0 bridgehead atoms. The number of rotatable bonds is 4. The fourth-order valence-corrected chi connectivity index (χ4v) is 4.08. The highest BCUT2D eigenvalue weighted by Crippen LogP contribution is 2.65. The second-order valence-corrected chi connectivity index (χ2v) is 7.59. The largest absolute Gasteiger partial charge is 0.326 e. The first kappa shape index (κ1) is 28.6. The Morgan fingerprint density at radius 1 is 0.514 bits per heavy atom. The van der Waals surface area contributed by atoms with Gasteiger partial charge in [0.05, 0.1) is 11.1 Å². The van der Waals surface area contributed by atoms with Crippen molar-refractivity contribution in [2.24, 2.45) is 0 Å². The van der Waals surface area contributed by atoms with Crippen LogP contribution >= 0.6 is 8.25 Å². The van der Waals surface area contributed by atoms with E-state index in [4.69, 9.17) is 4.89 Å². The smallest absolute Gasteiger partial charge is 0.318 e. The zero-order valence-corrected chi connectivity index (χ0v) is 17.4. The molecule has 3 nitrogen and oxygen atoms in total.